The van der Waals surface area contributed by atoms with Gasteiger partial charge in [0.25, 0.3) is 0 Å². The summed E-state index contributed by atoms with van der Waals surface area (Å²) in [5.41, 5.74) is -0.658. The smallest absolute Gasteiger partial charge is 0.0715 e. The van der Waals surface area contributed by atoms with Gasteiger partial charge in [-0.1, -0.05) is 6.92 Å². The van der Waals surface area contributed by atoms with Gasteiger partial charge in [-0.15, -0.1) is 0 Å². The lowest BCUT2D eigenvalue weighted by Crippen LogP contribution is -2.36. The van der Waals surface area contributed by atoms with E-state index in [1.807, 2.05) is 6.92 Å². The number of rotatable bonds is 6. The Bertz CT molecular complexity index is 165. The zero-order chi connectivity index (χ0) is 10.5. The van der Waals surface area contributed by atoms with Crippen LogP contribution < -0.4 is 5.32 Å². The molecule has 0 heterocycles. The third-order valence-electron chi connectivity index (χ3n) is 1.85. The third kappa shape index (κ3) is 8.40. The summed E-state index contributed by atoms with van der Waals surface area (Å²) in [6.07, 6.45) is 2.61. The van der Waals surface area contributed by atoms with Crippen molar-refractivity contribution in [3.05, 3.63) is 0 Å². The average Bonchev–Trinajstić information content (AvgIpc) is 1.95. The first-order valence-electron chi connectivity index (χ1n) is 4.58. The van der Waals surface area contributed by atoms with Crippen LogP contribution in [0.2, 0.25) is 0 Å². The van der Waals surface area contributed by atoms with Crippen LogP contribution >= 0.6 is 0 Å². The molecule has 0 aliphatic heterocycles. The van der Waals surface area contributed by atoms with Gasteiger partial charge in [0.1, 0.15) is 0 Å². The zero-order valence-corrected chi connectivity index (χ0v) is 9.78. The van der Waals surface area contributed by atoms with Crippen LogP contribution in [0.4, 0.5) is 0 Å². The number of nitrogens with one attached hydrogen (secondary N) is 1. The van der Waals surface area contributed by atoms with E-state index < -0.39 is 16.4 Å². The van der Waals surface area contributed by atoms with Gasteiger partial charge in [-0.05, 0) is 26.8 Å². The number of aliphatic hydroxyl groups is 1. The summed E-state index contributed by atoms with van der Waals surface area (Å²) >= 11 is 0. The molecule has 0 rings (SSSR count). The first kappa shape index (κ1) is 13.1. The normalized spacial score (nSPS) is 17.0. The van der Waals surface area contributed by atoms with Crippen molar-refractivity contribution in [2.24, 2.45) is 0 Å². The standard InChI is InChI=1S/C9H21NO2S/c1-8(13(4)12)5-6-10-7-9(2,3)11/h8,10-11H,5-7H2,1-4H3. The fraction of sp³-hybridized carbons (Fsp3) is 1.00. The predicted molar refractivity (Wildman–Crippen MR) is 57.3 cm³/mol. The van der Waals surface area contributed by atoms with Crippen molar-refractivity contribution in [2.75, 3.05) is 19.3 Å². The van der Waals surface area contributed by atoms with Crippen LogP contribution in [0.15, 0.2) is 0 Å². The molecule has 2 N–H and O–H groups in total. The van der Waals surface area contributed by atoms with Crippen molar-refractivity contribution in [3.63, 3.8) is 0 Å². The summed E-state index contributed by atoms with van der Waals surface area (Å²) in [5.74, 6) is 0. The molecule has 0 aromatic rings. The van der Waals surface area contributed by atoms with Crippen molar-refractivity contribution in [1.29, 1.82) is 0 Å². The molecule has 0 saturated heterocycles. The molecule has 0 aliphatic carbocycles. The van der Waals surface area contributed by atoms with Gasteiger partial charge >= 0.3 is 0 Å². The van der Waals surface area contributed by atoms with Crippen molar-refractivity contribution < 1.29 is 9.32 Å². The predicted octanol–water partition coefficient (Wildman–Crippen LogP) is 0.504. The molecule has 13 heavy (non-hydrogen) atoms. The molecule has 0 amide bonds. The fourth-order valence-electron chi connectivity index (χ4n) is 0.866. The van der Waals surface area contributed by atoms with Crippen LogP contribution in [0.5, 0.6) is 0 Å². The quantitative estimate of drug-likeness (QED) is 0.624. The van der Waals surface area contributed by atoms with Crippen LogP contribution in [-0.2, 0) is 10.8 Å². The molecule has 3 nitrogen and oxygen atoms in total. The van der Waals surface area contributed by atoms with Crippen LogP contribution in [0, 0.1) is 0 Å². The summed E-state index contributed by atoms with van der Waals surface area (Å²) in [7, 11) is -0.737. The Hall–Kier alpha value is 0.0700. The highest BCUT2D eigenvalue weighted by Crippen LogP contribution is 2.00. The van der Waals surface area contributed by atoms with E-state index in [2.05, 4.69) is 5.32 Å². The molecule has 2 unspecified atom stereocenters. The Balaban J connectivity index is 3.41. The summed E-state index contributed by atoms with van der Waals surface area (Å²) < 4.78 is 11.0. The van der Waals surface area contributed by atoms with Crippen molar-refractivity contribution >= 4 is 10.8 Å². The molecule has 80 valence electrons. The lowest BCUT2D eigenvalue weighted by Gasteiger charge is -2.18. The van der Waals surface area contributed by atoms with Gasteiger partial charge in [-0.25, -0.2) is 0 Å². The van der Waals surface area contributed by atoms with E-state index in [1.54, 1.807) is 20.1 Å². The minimum Gasteiger partial charge on any atom is -0.389 e. The molecular formula is C9H21NO2S. The van der Waals surface area contributed by atoms with Crippen molar-refractivity contribution in [3.8, 4) is 0 Å². The van der Waals surface area contributed by atoms with Crippen molar-refractivity contribution in [1.82, 2.24) is 5.32 Å². The fourth-order valence-corrected chi connectivity index (χ4v) is 1.32. The second kappa shape index (κ2) is 5.73. The van der Waals surface area contributed by atoms with Gasteiger partial charge in [0.2, 0.25) is 0 Å². The SMILES string of the molecule is CC(CCNCC(C)(C)O)S(C)=O. The molecule has 0 radical (unpaired) electrons. The van der Waals surface area contributed by atoms with E-state index in [4.69, 9.17) is 0 Å². The van der Waals surface area contributed by atoms with Crippen LogP contribution in [0.25, 0.3) is 0 Å². The highest BCUT2D eigenvalue weighted by molar-refractivity contribution is 7.84. The van der Waals surface area contributed by atoms with E-state index in [0.29, 0.717) is 6.54 Å². The second-order valence-corrected chi connectivity index (χ2v) is 5.89. The number of hydrogen-bond acceptors (Lipinski definition) is 3. The molecule has 2 atom stereocenters. The minimum atomic E-state index is -0.737. The minimum absolute atomic E-state index is 0.231. The summed E-state index contributed by atoms with van der Waals surface area (Å²) in [6, 6.07) is 0. The molecule has 0 aromatic heterocycles. The second-order valence-electron chi connectivity index (χ2n) is 4.09. The van der Waals surface area contributed by atoms with Gasteiger partial charge < -0.3 is 10.4 Å². The molecule has 0 saturated carbocycles. The summed E-state index contributed by atoms with van der Waals surface area (Å²) in [6.45, 7) is 6.89. The highest BCUT2D eigenvalue weighted by atomic mass is 32.2. The Morgan fingerprint density at radius 2 is 2.08 bits per heavy atom. The monoisotopic (exact) mass is 207 g/mol. The molecular weight excluding hydrogens is 186 g/mol. The Kier molecular flexibility index (Phi) is 5.76. The van der Waals surface area contributed by atoms with Gasteiger partial charge in [-0.3, -0.25) is 4.21 Å². The topological polar surface area (TPSA) is 49.3 Å². The molecule has 0 spiro atoms. The average molecular weight is 207 g/mol. The van der Waals surface area contributed by atoms with E-state index >= 15 is 0 Å². The maximum atomic E-state index is 11.0. The Labute approximate surface area is 83.4 Å². The molecule has 0 aromatic carbocycles. The van der Waals surface area contributed by atoms with Gasteiger partial charge in [0.15, 0.2) is 0 Å². The number of hydrogen-bond donors (Lipinski definition) is 2. The van der Waals surface area contributed by atoms with Gasteiger partial charge in [0, 0.05) is 28.9 Å². The summed E-state index contributed by atoms with van der Waals surface area (Å²) in [5, 5.41) is 12.7. The van der Waals surface area contributed by atoms with E-state index in [-0.39, 0.29) is 5.25 Å². The van der Waals surface area contributed by atoms with E-state index in [0.717, 1.165) is 13.0 Å². The van der Waals surface area contributed by atoms with E-state index in [1.165, 1.54) is 0 Å². The first-order valence-corrected chi connectivity index (χ1v) is 6.20. The summed E-state index contributed by atoms with van der Waals surface area (Å²) in [4.78, 5) is 0. The lowest BCUT2D eigenvalue weighted by atomic mass is 10.1. The van der Waals surface area contributed by atoms with Gasteiger partial charge in [-0.2, -0.15) is 0 Å². The lowest BCUT2D eigenvalue weighted by molar-refractivity contribution is 0.0800. The highest BCUT2D eigenvalue weighted by Gasteiger charge is 2.11. The maximum absolute atomic E-state index is 11.0. The largest absolute Gasteiger partial charge is 0.389 e. The Morgan fingerprint density at radius 1 is 1.54 bits per heavy atom. The van der Waals surface area contributed by atoms with Crippen LogP contribution in [0.1, 0.15) is 27.2 Å². The zero-order valence-electron chi connectivity index (χ0n) is 8.96. The third-order valence-corrected chi connectivity index (χ3v) is 3.22. The van der Waals surface area contributed by atoms with Crippen LogP contribution in [-0.4, -0.2) is 39.5 Å². The molecule has 0 aliphatic rings. The van der Waals surface area contributed by atoms with E-state index in [9.17, 15) is 9.32 Å². The molecule has 0 bridgehead atoms. The first-order chi connectivity index (χ1) is 5.83. The molecule has 4 heteroatoms. The Morgan fingerprint density at radius 3 is 2.46 bits per heavy atom. The molecule has 0 fully saturated rings. The van der Waals surface area contributed by atoms with Gasteiger partial charge in [0.05, 0.1) is 5.60 Å². The van der Waals surface area contributed by atoms with Crippen LogP contribution in [0.3, 0.4) is 0 Å². The van der Waals surface area contributed by atoms with Crippen molar-refractivity contribution in [2.45, 2.75) is 38.0 Å². The maximum Gasteiger partial charge on any atom is 0.0715 e.